The number of ketones is 2. The van der Waals surface area contributed by atoms with Crippen LogP contribution in [-0.4, -0.2) is 34.3 Å². The standard InChI is InChI=1S/C24H23FN2O4/c1-13-5-3-4-6-16(13)14(2)26-23(30)18-9-8-17-19(22(18)25)12-27(24(17)31)20-10-7-15(28)11-21(20)29/h3-6,8-9,14,20H,7,10-12H2,1-2H3,(H,26,30)/t14-,20?/m0/s1. The maximum absolute atomic E-state index is 15.3. The first kappa shape index (κ1) is 20.9. The number of nitrogens with zero attached hydrogens (tertiary/aromatic N) is 1. The van der Waals surface area contributed by atoms with Crippen molar-refractivity contribution in [3.63, 3.8) is 0 Å². The van der Waals surface area contributed by atoms with Crippen molar-refractivity contribution < 1.29 is 23.6 Å². The number of halogens is 1. The second-order valence-corrected chi connectivity index (χ2v) is 8.17. The molecule has 6 nitrogen and oxygen atoms in total. The van der Waals surface area contributed by atoms with Crippen molar-refractivity contribution in [3.8, 4) is 0 Å². The van der Waals surface area contributed by atoms with Gasteiger partial charge in [-0.25, -0.2) is 4.39 Å². The Labute approximate surface area is 179 Å². The molecule has 2 amide bonds. The lowest BCUT2D eigenvalue weighted by Gasteiger charge is -2.29. The topological polar surface area (TPSA) is 83.6 Å². The molecule has 1 unspecified atom stereocenters. The highest BCUT2D eigenvalue weighted by atomic mass is 19.1. The van der Waals surface area contributed by atoms with Gasteiger partial charge in [-0.3, -0.25) is 19.2 Å². The zero-order valence-corrected chi connectivity index (χ0v) is 17.4. The van der Waals surface area contributed by atoms with E-state index in [0.29, 0.717) is 0 Å². The minimum atomic E-state index is -0.748. The fourth-order valence-corrected chi connectivity index (χ4v) is 4.41. The van der Waals surface area contributed by atoms with Gasteiger partial charge in [-0.2, -0.15) is 0 Å². The lowest BCUT2D eigenvalue weighted by molar-refractivity contribution is -0.133. The van der Waals surface area contributed by atoms with E-state index in [1.807, 2.05) is 38.1 Å². The molecule has 2 aromatic rings. The van der Waals surface area contributed by atoms with Crippen molar-refractivity contribution in [2.45, 2.75) is 51.7 Å². The Morgan fingerprint density at radius 3 is 2.61 bits per heavy atom. The fourth-order valence-electron chi connectivity index (χ4n) is 4.41. The molecule has 0 spiro atoms. The Hall–Kier alpha value is -3.35. The van der Waals surface area contributed by atoms with Gasteiger partial charge in [0.05, 0.1) is 30.6 Å². The number of hydrogen-bond acceptors (Lipinski definition) is 4. The average Bonchev–Trinajstić information content (AvgIpc) is 3.06. The number of Topliss-reactive ketones (excluding diaryl/α,β-unsaturated/α-hetero) is 2. The number of rotatable bonds is 4. The number of aryl methyl sites for hydroxylation is 1. The summed E-state index contributed by atoms with van der Waals surface area (Å²) in [7, 11) is 0. The zero-order valence-electron chi connectivity index (χ0n) is 17.4. The predicted octanol–water partition coefficient (Wildman–Crippen LogP) is 3.27. The van der Waals surface area contributed by atoms with E-state index in [-0.39, 0.29) is 60.1 Å². The van der Waals surface area contributed by atoms with Gasteiger partial charge < -0.3 is 10.2 Å². The second-order valence-electron chi connectivity index (χ2n) is 8.17. The minimum Gasteiger partial charge on any atom is -0.345 e. The number of amides is 2. The summed E-state index contributed by atoms with van der Waals surface area (Å²) in [6, 6.07) is 9.32. The van der Waals surface area contributed by atoms with Crippen LogP contribution in [0.1, 0.15) is 69.6 Å². The SMILES string of the molecule is Cc1ccccc1[C@H](C)NC(=O)c1ccc2c(c1F)CN(C1CCC(=O)CC1=O)C2=O. The molecule has 4 rings (SSSR count). The number of benzene rings is 2. The maximum atomic E-state index is 15.3. The van der Waals surface area contributed by atoms with E-state index in [9.17, 15) is 19.2 Å². The van der Waals surface area contributed by atoms with Crippen LogP contribution < -0.4 is 5.32 Å². The highest BCUT2D eigenvalue weighted by Crippen LogP contribution is 2.32. The molecule has 160 valence electrons. The van der Waals surface area contributed by atoms with E-state index in [2.05, 4.69) is 5.32 Å². The molecule has 2 aliphatic rings. The highest BCUT2D eigenvalue weighted by Gasteiger charge is 2.40. The van der Waals surface area contributed by atoms with Crippen molar-refractivity contribution in [2.75, 3.05) is 0 Å². The lowest BCUT2D eigenvalue weighted by atomic mass is 9.92. The monoisotopic (exact) mass is 422 g/mol. The number of hydrogen-bond donors (Lipinski definition) is 1. The summed E-state index contributed by atoms with van der Waals surface area (Å²) < 4.78 is 15.3. The van der Waals surface area contributed by atoms with Gasteiger partial charge >= 0.3 is 0 Å². The van der Waals surface area contributed by atoms with E-state index in [4.69, 9.17) is 0 Å². The number of nitrogens with one attached hydrogen (secondary N) is 1. The third kappa shape index (κ3) is 3.76. The summed E-state index contributed by atoms with van der Waals surface area (Å²) in [5.74, 6) is -2.22. The third-order valence-electron chi connectivity index (χ3n) is 6.13. The van der Waals surface area contributed by atoms with Crippen LogP contribution in [0.25, 0.3) is 0 Å². The predicted molar refractivity (Wildman–Crippen MR) is 111 cm³/mol. The molecule has 0 bridgehead atoms. The summed E-state index contributed by atoms with van der Waals surface area (Å²) in [5, 5.41) is 2.81. The molecule has 1 aliphatic heterocycles. The molecule has 0 aromatic heterocycles. The van der Waals surface area contributed by atoms with Gasteiger partial charge in [0.1, 0.15) is 11.6 Å². The van der Waals surface area contributed by atoms with Gasteiger partial charge in [0.25, 0.3) is 11.8 Å². The second kappa shape index (κ2) is 8.06. The van der Waals surface area contributed by atoms with Crippen LogP contribution in [0.4, 0.5) is 4.39 Å². The Morgan fingerprint density at radius 1 is 1.16 bits per heavy atom. The van der Waals surface area contributed by atoms with Crippen molar-refractivity contribution >= 4 is 23.4 Å². The Kier molecular flexibility index (Phi) is 5.43. The molecule has 31 heavy (non-hydrogen) atoms. The number of carbonyl (C=O) groups is 4. The number of carbonyl (C=O) groups excluding carboxylic acids is 4. The van der Waals surface area contributed by atoms with Crippen molar-refractivity contribution in [3.05, 3.63) is 70.0 Å². The van der Waals surface area contributed by atoms with Crippen LogP contribution in [0.2, 0.25) is 0 Å². The van der Waals surface area contributed by atoms with Crippen LogP contribution in [-0.2, 0) is 16.1 Å². The van der Waals surface area contributed by atoms with E-state index in [1.54, 1.807) is 0 Å². The zero-order chi connectivity index (χ0) is 22.3. The van der Waals surface area contributed by atoms with Crippen molar-refractivity contribution in [2.24, 2.45) is 0 Å². The maximum Gasteiger partial charge on any atom is 0.255 e. The largest absolute Gasteiger partial charge is 0.345 e. The van der Waals surface area contributed by atoms with Gasteiger partial charge in [-0.1, -0.05) is 24.3 Å². The van der Waals surface area contributed by atoms with Crippen LogP contribution in [0.3, 0.4) is 0 Å². The summed E-state index contributed by atoms with van der Waals surface area (Å²) in [6.07, 6.45) is 0.279. The third-order valence-corrected chi connectivity index (χ3v) is 6.13. The van der Waals surface area contributed by atoms with E-state index in [0.717, 1.165) is 11.1 Å². The fraction of sp³-hybridized carbons (Fsp3) is 0.333. The summed E-state index contributed by atoms with van der Waals surface area (Å²) in [5.41, 5.74) is 2.08. The molecule has 2 aromatic carbocycles. The molecule has 1 aliphatic carbocycles. The first-order chi connectivity index (χ1) is 14.8. The molecule has 1 N–H and O–H groups in total. The molecule has 0 radical (unpaired) electrons. The van der Waals surface area contributed by atoms with E-state index in [1.165, 1.54) is 17.0 Å². The molecule has 1 fully saturated rings. The average molecular weight is 422 g/mol. The van der Waals surface area contributed by atoms with Crippen molar-refractivity contribution in [1.82, 2.24) is 10.2 Å². The van der Waals surface area contributed by atoms with Gasteiger partial charge in [-0.05, 0) is 43.5 Å². The molecule has 0 saturated heterocycles. The molecule has 2 atom stereocenters. The molecular weight excluding hydrogens is 399 g/mol. The first-order valence-electron chi connectivity index (χ1n) is 10.3. The number of fused-ring (bicyclic) bond motifs is 1. The van der Waals surface area contributed by atoms with Gasteiger partial charge in [0.2, 0.25) is 0 Å². The van der Waals surface area contributed by atoms with Crippen LogP contribution in [0, 0.1) is 12.7 Å². The highest BCUT2D eigenvalue weighted by molar-refractivity contribution is 6.08. The normalized spacial score (nSPS) is 19.4. The van der Waals surface area contributed by atoms with Crippen LogP contribution in [0.5, 0.6) is 0 Å². The molecular formula is C24H23FN2O4. The Balaban J connectivity index is 1.55. The quantitative estimate of drug-likeness (QED) is 0.767. The van der Waals surface area contributed by atoms with Crippen molar-refractivity contribution in [1.29, 1.82) is 0 Å². The van der Waals surface area contributed by atoms with Crippen LogP contribution in [0.15, 0.2) is 36.4 Å². The van der Waals surface area contributed by atoms with Crippen LogP contribution >= 0.6 is 0 Å². The Morgan fingerprint density at radius 2 is 1.90 bits per heavy atom. The van der Waals surface area contributed by atoms with Gasteiger partial charge in [0, 0.05) is 17.5 Å². The van der Waals surface area contributed by atoms with E-state index < -0.39 is 23.7 Å². The minimum absolute atomic E-state index is 0.0843. The van der Waals surface area contributed by atoms with Gasteiger partial charge in [0.15, 0.2) is 5.78 Å². The summed E-state index contributed by atoms with van der Waals surface area (Å²) >= 11 is 0. The molecule has 1 saturated carbocycles. The summed E-state index contributed by atoms with van der Waals surface area (Å²) in [4.78, 5) is 50.6. The smallest absolute Gasteiger partial charge is 0.255 e. The van der Waals surface area contributed by atoms with E-state index >= 15 is 4.39 Å². The summed E-state index contributed by atoms with van der Waals surface area (Å²) in [6.45, 7) is 3.68. The Bertz CT molecular complexity index is 1110. The lowest BCUT2D eigenvalue weighted by Crippen LogP contribution is -2.44. The molecule has 1 heterocycles. The first-order valence-corrected chi connectivity index (χ1v) is 10.3. The van der Waals surface area contributed by atoms with Gasteiger partial charge in [-0.15, -0.1) is 0 Å². The molecule has 7 heteroatoms.